The molecule has 27 heavy (non-hydrogen) atoms. The van der Waals surface area contributed by atoms with Gasteiger partial charge in [0.15, 0.2) is 5.78 Å². The highest BCUT2D eigenvalue weighted by atomic mass is 16.2. The Bertz CT molecular complexity index is 832. The Morgan fingerprint density at radius 2 is 1.52 bits per heavy atom. The molecule has 0 radical (unpaired) electrons. The molecule has 2 aliphatic rings. The normalized spacial score (nSPS) is 18.3. The number of nitrogens with zero attached hydrogens (tertiary/aromatic N) is 1. The second kappa shape index (κ2) is 7.65. The molecule has 4 rings (SSSR count). The van der Waals surface area contributed by atoms with E-state index >= 15 is 0 Å². The Balaban J connectivity index is 1.46. The molecular weight excluding hydrogens is 336 g/mol. The Morgan fingerprint density at radius 1 is 0.889 bits per heavy atom. The van der Waals surface area contributed by atoms with Crippen molar-refractivity contribution in [2.75, 3.05) is 13.1 Å². The predicted octanol–water partition coefficient (Wildman–Crippen LogP) is 3.58. The lowest BCUT2D eigenvalue weighted by Gasteiger charge is -2.32. The molecule has 1 aliphatic carbocycles. The van der Waals surface area contributed by atoms with E-state index in [1.54, 1.807) is 12.1 Å². The van der Waals surface area contributed by atoms with Crippen molar-refractivity contribution in [3.63, 3.8) is 0 Å². The second-order valence-electron chi connectivity index (χ2n) is 7.76. The lowest BCUT2D eigenvalue weighted by Crippen LogP contribution is -2.45. The van der Waals surface area contributed by atoms with Gasteiger partial charge >= 0.3 is 0 Å². The molecular formula is C23H26N2O2. The number of hydrogen-bond donors (Lipinski definition) is 1. The van der Waals surface area contributed by atoms with Gasteiger partial charge in [-0.15, -0.1) is 0 Å². The summed E-state index contributed by atoms with van der Waals surface area (Å²) >= 11 is 0. The van der Waals surface area contributed by atoms with E-state index in [1.807, 2.05) is 43.3 Å². The number of aryl methyl sites for hydroxylation is 1. The zero-order valence-corrected chi connectivity index (χ0v) is 15.8. The third-order valence-electron chi connectivity index (χ3n) is 5.66. The van der Waals surface area contributed by atoms with Gasteiger partial charge in [-0.3, -0.25) is 9.59 Å². The highest BCUT2D eigenvalue weighted by molar-refractivity contribution is 6.15. The van der Waals surface area contributed by atoms with Crippen LogP contribution in [-0.2, 0) is 0 Å². The van der Waals surface area contributed by atoms with Crippen molar-refractivity contribution >= 4 is 11.7 Å². The molecule has 2 aromatic carbocycles. The molecule has 1 heterocycles. The fourth-order valence-corrected chi connectivity index (χ4v) is 3.85. The van der Waals surface area contributed by atoms with Crippen molar-refractivity contribution in [1.82, 2.24) is 10.2 Å². The van der Waals surface area contributed by atoms with Crippen LogP contribution in [0.2, 0.25) is 0 Å². The molecule has 4 nitrogen and oxygen atoms in total. The van der Waals surface area contributed by atoms with E-state index in [0.717, 1.165) is 37.5 Å². The van der Waals surface area contributed by atoms with E-state index in [-0.39, 0.29) is 17.7 Å². The minimum atomic E-state index is -0.143. The third-order valence-corrected chi connectivity index (χ3v) is 5.66. The molecule has 2 aromatic rings. The van der Waals surface area contributed by atoms with Gasteiger partial charge in [0.05, 0.1) is 5.56 Å². The number of carbonyl (C=O) groups is 2. The average Bonchev–Trinajstić information content (AvgIpc) is 3.54. The third kappa shape index (κ3) is 4.11. The first-order valence-electron chi connectivity index (χ1n) is 9.87. The Morgan fingerprint density at radius 3 is 2.15 bits per heavy atom. The van der Waals surface area contributed by atoms with Crippen LogP contribution >= 0.6 is 0 Å². The molecule has 0 aromatic heterocycles. The van der Waals surface area contributed by atoms with Crippen molar-refractivity contribution in [3.8, 4) is 0 Å². The van der Waals surface area contributed by atoms with Crippen LogP contribution in [0.5, 0.6) is 0 Å². The summed E-state index contributed by atoms with van der Waals surface area (Å²) in [5.74, 6) is -0.250. The van der Waals surface area contributed by atoms with Crippen LogP contribution in [0.15, 0.2) is 48.5 Å². The van der Waals surface area contributed by atoms with Crippen LogP contribution in [0, 0.1) is 6.92 Å². The second-order valence-corrected chi connectivity index (χ2v) is 7.76. The van der Waals surface area contributed by atoms with Gasteiger partial charge in [0.2, 0.25) is 0 Å². The van der Waals surface area contributed by atoms with Crippen LogP contribution < -0.4 is 5.32 Å². The molecule has 1 amide bonds. The number of likely N-dealkylation sites (tertiary alicyclic amines) is 1. The van der Waals surface area contributed by atoms with E-state index < -0.39 is 0 Å². The molecule has 1 saturated carbocycles. The number of carbonyl (C=O) groups excluding carboxylic acids is 2. The summed E-state index contributed by atoms with van der Waals surface area (Å²) < 4.78 is 0. The Labute approximate surface area is 160 Å². The number of piperidine rings is 1. The number of benzene rings is 2. The molecule has 2 fully saturated rings. The largest absolute Gasteiger partial charge is 0.349 e. The van der Waals surface area contributed by atoms with Crippen molar-refractivity contribution < 1.29 is 9.59 Å². The van der Waals surface area contributed by atoms with Gasteiger partial charge in [-0.25, -0.2) is 0 Å². The first-order chi connectivity index (χ1) is 13.1. The minimum absolute atomic E-state index is 0.107. The number of rotatable bonds is 5. The van der Waals surface area contributed by atoms with Crippen LogP contribution in [-0.4, -0.2) is 41.8 Å². The first-order valence-corrected chi connectivity index (χ1v) is 9.87. The monoisotopic (exact) mass is 362 g/mol. The van der Waals surface area contributed by atoms with Gasteiger partial charge in [-0.1, -0.05) is 48.0 Å². The fraction of sp³-hybridized carbons (Fsp3) is 0.391. The van der Waals surface area contributed by atoms with Crippen molar-refractivity contribution in [2.45, 2.75) is 44.7 Å². The maximum atomic E-state index is 12.9. The lowest BCUT2D eigenvalue weighted by atomic mass is 9.96. The van der Waals surface area contributed by atoms with E-state index in [1.165, 1.54) is 12.8 Å². The highest BCUT2D eigenvalue weighted by Crippen LogP contribution is 2.29. The number of hydrogen-bond acceptors (Lipinski definition) is 3. The van der Waals surface area contributed by atoms with Crippen molar-refractivity contribution in [1.29, 1.82) is 0 Å². The standard InChI is InChI=1S/C23H26N2O2/c1-16-6-8-17(9-7-16)22(26)20-4-2-3-5-21(20)23(27)24-18-12-14-25(15-13-18)19-10-11-19/h2-9,18-19H,10-15H2,1H3,(H,24,27). The summed E-state index contributed by atoms with van der Waals surface area (Å²) in [6.07, 6.45) is 4.61. The Kier molecular flexibility index (Phi) is 5.08. The zero-order chi connectivity index (χ0) is 18.8. The van der Waals surface area contributed by atoms with Gasteiger partial charge in [0.25, 0.3) is 5.91 Å². The molecule has 0 spiro atoms. The van der Waals surface area contributed by atoms with E-state index in [9.17, 15) is 9.59 Å². The van der Waals surface area contributed by atoms with Gasteiger partial charge in [-0.05, 0) is 38.7 Å². The van der Waals surface area contributed by atoms with Gasteiger partial charge in [0, 0.05) is 36.3 Å². The maximum Gasteiger partial charge on any atom is 0.252 e. The number of ketones is 1. The van der Waals surface area contributed by atoms with Crippen LogP contribution in [0.1, 0.15) is 57.5 Å². The molecule has 140 valence electrons. The smallest absolute Gasteiger partial charge is 0.252 e. The summed E-state index contributed by atoms with van der Waals surface area (Å²) in [5.41, 5.74) is 2.65. The van der Waals surface area contributed by atoms with Gasteiger partial charge in [0.1, 0.15) is 0 Å². The zero-order valence-electron chi connectivity index (χ0n) is 15.8. The number of nitrogens with one attached hydrogen (secondary N) is 1. The SMILES string of the molecule is Cc1ccc(C(=O)c2ccccc2C(=O)NC2CCN(C3CC3)CC2)cc1. The first kappa shape index (κ1) is 17.9. The summed E-state index contributed by atoms with van der Waals surface area (Å²) in [6.45, 7) is 4.10. The molecule has 1 N–H and O–H groups in total. The maximum absolute atomic E-state index is 12.9. The van der Waals surface area contributed by atoms with E-state index in [2.05, 4.69) is 10.2 Å². The number of amides is 1. The summed E-state index contributed by atoms with van der Waals surface area (Å²) in [6, 6.07) is 15.6. The predicted molar refractivity (Wildman–Crippen MR) is 106 cm³/mol. The van der Waals surface area contributed by atoms with Gasteiger partial charge < -0.3 is 10.2 Å². The summed E-state index contributed by atoms with van der Waals surface area (Å²) in [4.78, 5) is 28.3. The molecule has 0 atom stereocenters. The molecule has 4 heteroatoms. The quantitative estimate of drug-likeness (QED) is 0.827. The summed E-state index contributed by atoms with van der Waals surface area (Å²) in [7, 11) is 0. The van der Waals surface area contributed by atoms with Gasteiger partial charge in [-0.2, -0.15) is 0 Å². The van der Waals surface area contributed by atoms with Crippen LogP contribution in [0.3, 0.4) is 0 Å². The van der Waals surface area contributed by atoms with Crippen molar-refractivity contribution in [2.24, 2.45) is 0 Å². The van der Waals surface area contributed by atoms with E-state index in [0.29, 0.717) is 16.7 Å². The fourth-order valence-electron chi connectivity index (χ4n) is 3.85. The molecule has 0 unspecified atom stereocenters. The molecule has 1 aliphatic heterocycles. The molecule has 1 saturated heterocycles. The topological polar surface area (TPSA) is 49.4 Å². The minimum Gasteiger partial charge on any atom is -0.349 e. The van der Waals surface area contributed by atoms with Crippen LogP contribution in [0.25, 0.3) is 0 Å². The lowest BCUT2D eigenvalue weighted by molar-refractivity contribution is 0.0901. The average molecular weight is 362 g/mol. The summed E-state index contributed by atoms with van der Waals surface area (Å²) in [5, 5.41) is 3.15. The highest BCUT2D eigenvalue weighted by Gasteiger charge is 2.32. The van der Waals surface area contributed by atoms with Crippen molar-refractivity contribution in [3.05, 3.63) is 70.8 Å². The Hall–Kier alpha value is -2.46. The van der Waals surface area contributed by atoms with Crippen LogP contribution in [0.4, 0.5) is 0 Å². The van der Waals surface area contributed by atoms with E-state index in [4.69, 9.17) is 0 Å². The molecule has 0 bridgehead atoms.